The number of hydrogen-bond acceptors (Lipinski definition) is 5. The summed E-state index contributed by atoms with van der Waals surface area (Å²) in [6.07, 6.45) is 3.41. The third-order valence-corrected chi connectivity index (χ3v) is 6.53. The Bertz CT molecular complexity index is 1080. The van der Waals surface area contributed by atoms with Crippen LogP contribution in [0.15, 0.2) is 47.4 Å². The van der Waals surface area contributed by atoms with Crippen LogP contribution in [0.4, 0.5) is 9.18 Å². The average molecular weight is 475 g/mol. The van der Waals surface area contributed by atoms with Gasteiger partial charge in [0, 0.05) is 24.2 Å². The van der Waals surface area contributed by atoms with Crippen molar-refractivity contribution in [2.75, 3.05) is 19.6 Å². The number of benzene rings is 2. The zero-order chi connectivity index (χ0) is 22.7. The number of likely N-dealkylation sites (tertiary alicyclic amines) is 1. The van der Waals surface area contributed by atoms with Gasteiger partial charge in [-0.15, -0.1) is 0 Å². The Hall–Kier alpha value is -2.84. The average Bonchev–Trinajstić information content (AvgIpc) is 3.39. The van der Waals surface area contributed by atoms with E-state index < -0.39 is 17.0 Å². The van der Waals surface area contributed by atoms with E-state index in [1.54, 1.807) is 41.3 Å². The predicted octanol–water partition coefficient (Wildman–Crippen LogP) is 4.72. The van der Waals surface area contributed by atoms with Crippen LogP contribution in [0, 0.1) is 5.82 Å². The SMILES string of the molecule is O=C(CN1C(=O)S/C(=C\c2ccccc2OCc2c(F)cccc2Cl)C1=O)N1CCCC1. The summed E-state index contributed by atoms with van der Waals surface area (Å²) in [5, 5.41) is -0.225. The molecule has 0 aliphatic carbocycles. The van der Waals surface area contributed by atoms with E-state index in [-0.39, 0.29) is 34.6 Å². The number of imide groups is 1. The number of thioether (sulfide) groups is 1. The van der Waals surface area contributed by atoms with Crippen molar-refractivity contribution in [2.24, 2.45) is 0 Å². The second-order valence-electron chi connectivity index (χ2n) is 7.38. The zero-order valence-corrected chi connectivity index (χ0v) is 18.6. The molecule has 2 heterocycles. The van der Waals surface area contributed by atoms with Crippen molar-refractivity contribution in [3.8, 4) is 5.75 Å². The lowest BCUT2D eigenvalue weighted by Gasteiger charge is -2.18. The number of rotatable bonds is 6. The molecule has 0 unspecified atom stereocenters. The van der Waals surface area contributed by atoms with E-state index in [1.807, 2.05) is 0 Å². The van der Waals surface area contributed by atoms with E-state index in [4.69, 9.17) is 16.3 Å². The lowest BCUT2D eigenvalue weighted by molar-refractivity contribution is -0.135. The van der Waals surface area contributed by atoms with Crippen molar-refractivity contribution < 1.29 is 23.5 Å². The van der Waals surface area contributed by atoms with Gasteiger partial charge in [-0.2, -0.15) is 0 Å². The molecule has 2 fully saturated rings. The van der Waals surface area contributed by atoms with Crippen molar-refractivity contribution in [1.29, 1.82) is 0 Å². The van der Waals surface area contributed by atoms with Gasteiger partial charge in [-0.1, -0.05) is 35.9 Å². The van der Waals surface area contributed by atoms with E-state index >= 15 is 0 Å². The van der Waals surface area contributed by atoms with Crippen LogP contribution < -0.4 is 4.74 Å². The molecule has 9 heteroatoms. The van der Waals surface area contributed by atoms with Crippen LogP contribution in [-0.2, 0) is 16.2 Å². The summed E-state index contributed by atoms with van der Waals surface area (Å²) in [6, 6.07) is 11.3. The van der Waals surface area contributed by atoms with Crippen LogP contribution in [0.3, 0.4) is 0 Å². The molecule has 3 amide bonds. The highest BCUT2D eigenvalue weighted by molar-refractivity contribution is 8.18. The Morgan fingerprint density at radius 1 is 1.12 bits per heavy atom. The molecule has 0 atom stereocenters. The molecule has 32 heavy (non-hydrogen) atoms. The fourth-order valence-corrected chi connectivity index (χ4v) is 4.58. The van der Waals surface area contributed by atoms with Gasteiger partial charge in [-0.25, -0.2) is 4.39 Å². The van der Waals surface area contributed by atoms with E-state index in [1.165, 1.54) is 12.1 Å². The minimum Gasteiger partial charge on any atom is -0.488 e. The smallest absolute Gasteiger partial charge is 0.294 e. The summed E-state index contributed by atoms with van der Waals surface area (Å²) in [4.78, 5) is 40.4. The topological polar surface area (TPSA) is 66.9 Å². The molecule has 2 saturated heterocycles. The quantitative estimate of drug-likeness (QED) is 0.567. The van der Waals surface area contributed by atoms with Gasteiger partial charge in [0.25, 0.3) is 11.1 Å². The summed E-state index contributed by atoms with van der Waals surface area (Å²) in [6.45, 7) is 0.956. The molecule has 0 aromatic heterocycles. The summed E-state index contributed by atoms with van der Waals surface area (Å²) in [5.41, 5.74) is 0.779. The molecule has 166 valence electrons. The van der Waals surface area contributed by atoms with Gasteiger partial charge in [0.2, 0.25) is 5.91 Å². The minimum absolute atomic E-state index is 0.0951. The number of hydrogen-bond donors (Lipinski definition) is 0. The first-order valence-electron chi connectivity index (χ1n) is 10.1. The van der Waals surface area contributed by atoms with Crippen LogP contribution in [0.5, 0.6) is 5.75 Å². The standard InChI is InChI=1S/C23H20ClFN2O4S/c24-17-7-5-8-18(25)16(17)14-31-19-9-2-1-6-15(19)12-20-22(29)27(23(30)32-20)13-21(28)26-10-3-4-11-26/h1-2,5-9,12H,3-4,10-11,13-14H2/b20-12-. The number of halogens is 2. The lowest BCUT2D eigenvalue weighted by atomic mass is 10.1. The van der Waals surface area contributed by atoms with Crippen molar-refractivity contribution >= 4 is 46.5 Å². The van der Waals surface area contributed by atoms with Crippen molar-refractivity contribution in [2.45, 2.75) is 19.4 Å². The largest absolute Gasteiger partial charge is 0.488 e. The third-order valence-electron chi connectivity index (χ3n) is 5.27. The maximum Gasteiger partial charge on any atom is 0.294 e. The molecule has 0 spiro atoms. The van der Waals surface area contributed by atoms with E-state index in [2.05, 4.69) is 0 Å². The first kappa shape index (κ1) is 22.4. The Labute approximate surface area is 194 Å². The van der Waals surface area contributed by atoms with E-state index in [9.17, 15) is 18.8 Å². The van der Waals surface area contributed by atoms with E-state index in [0.29, 0.717) is 24.4 Å². The van der Waals surface area contributed by atoms with Gasteiger partial charge >= 0.3 is 0 Å². The summed E-state index contributed by atoms with van der Waals surface area (Å²) < 4.78 is 19.8. The first-order valence-corrected chi connectivity index (χ1v) is 11.3. The van der Waals surface area contributed by atoms with Crippen LogP contribution in [-0.4, -0.2) is 46.5 Å². The maximum absolute atomic E-state index is 14.0. The number of ether oxygens (including phenoxy) is 1. The highest BCUT2D eigenvalue weighted by Gasteiger charge is 2.37. The van der Waals surface area contributed by atoms with Gasteiger partial charge in [0.15, 0.2) is 0 Å². The monoisotopic (exact) mass is 474 g/mol. The number of carbonyl (C=O) groups excluding carboxylic acids is 3. The second-order valence-corrected chi connectivity index (χ2v) is 8.78. The summed E-state index contributed by atoms with van der Waals surface area (Å²) in [7, 11) is 0. The van der Waals surface area contributed by atoms with Gasteiger partial charge < -0.3 is 9.64 Å². The molecule has 2 aliphatic rings. The lowest BCUT2D eigenvalue weighted by Crippen LogP contribution is -2.40. The molecule has 2 aromatic rings. The minimum atomic E-state index is -0.514. The molecular weight excluding hydrogens is 455 g/mol. The zero-order valence-electron chi connectivity index (χ0n) is 17.1. The Morgan fingerprint density at radius 3 is 2.62 bits per heavy atom. The molecule has 2 aliphatic heterocycles. The second kappa shape index (κ2) is 9.75. The predicted molar refractivity (Wildman–Crippen MR) is 121 cm³/mol. The number of amides is 3. The number of para-hydroxylation sites is 1. The summed E-state index contributed by atoms with van der Waals surface area (Å²) >= 11 is 6.84. The number of carbonyl (C=O) groups is 3. The molecule has 0 bridgehead atoms. The summed E-state index contributed by atoms with van der Waals surface area (Å²) in [5.74, 6) is -0.804. The third kappa shape index (κ3) is 4.81. The van der Waals surface area contributed by atoms with Crippen molar-refractivity contribution in [1.82, 2.24) is 9.80 Å². The first-order chi connectivity index (χ1) is 15.4. The molecular formula is C23H20ClFN2O4S. The van der Waals surface area contributed by atoms with Gasteiger partial charge in [0.05, 0.1) is 9.93 Å². The Morgan fingerprint density at radius 2 is 1.88 bits per heavy atom. The maximum atomic E-state index is 14.0. The molecule has 6 nitrogen and oxygen atoms in total. The van der Waals surface area contributed by atoms with Crippen LogP contribution >= 0.6 is 23.4 Å². The highest BCUT2D eigenvalue weighted by atomic mass is 35.5. The fourth-order valence-electron chi connectivity index (χ4n) is 3.53. The Kier molecular flexibility index (Phi) is 6.81. The van der Waals surface area contributed by atoms with E-state index in [0.717, 1.165) is 29.5 Å². The van der Waals surface area contributed by atoms with Crippen LogP contribution in [0.25, 0.3) is 6.08 Å². The van der Waals surface area contributed by atoms with Gasteiger partial charge in [0.1, 0.15) is 24.7 Å². The normalized spacial score (nSPS) is 17.5. The van der Waals surface area contributed by atoms with Gasteiger partial charge in [-0.3, -0.25) is 19.3 Å². The van der Waals surface area contributed by atoms with Crippen molar-refractivity contribution in [3.05, 3.63) is 69.3 Å². The molecule has 0 N–H and O–H groups in total. The van der Waals surface area contributed by atoms with Gasteiger partial charge in [-0.05, 0) is 48.9 Å². The highest BCUT2D eigenvalue weighted by Crippen LogP contribution is 2.34. The number of nitrogens with zero attached hydrogens (tertiary/aromatic N) is 2. The van der Waals surface area contributed by atoms with Crippen LogP contribution in [0.2, 0.25) is 5.02 Å². The Balaban J connectivity index is 1.49. The fraction of sp³-hybridized carbons (Fsp3) is 0.261. The molecule has 4 rings (SSSR count). The van der Waals surface area contributed by atoms with Crippen molar-refractivity contribution in [3.63, 3.8) is 0 Å². The molecule has 2 aromatic carbocycles. The van der Waals surface area contributed by atoms with Crippen LogP contribution in [0.1, 0.15) is 24.0 Å². The molecule has 0 saturated carbocycles. The molecule has 0 radical (unpaired) electrons.